The van der Waals surface area contributed by atoms with Crippen molar-refractivity contribution in [2.45, 2.75) is 63.9 Å². The number of likely N-dealkylation sites (tertiary alicyclic amines) is 1. The first-order valence-electron chi connectivity index (χ1n) is 13.2. The van der Waals surface area contributed by atoms with Crippen molar-refractivity contribution in [1.29, 1.82) is 0 Å². The second-order valence-electron chi connectivity index (χ2n) is 10.3. The summed E-state index contributed by atoms with van der Waals surface area (Å²) in [5.41, 5.74) is 1.70. The molecule has 0 N–H and O–H groups in total. The fourth-order valence-corrected chi connectivity index (χ4v) is 5.89. The van der Waals surface area contributed by atoms with Crippen LogP contribution < -0.4 is 14.2 Å². The van der Waals surface area contributed by atoms with Gasteiger partial charge in [0.2, 0.25) is 12.0 Å². The zero-order valence-electron chi connectivity index (χ0n) is 21.1. The maximum Gasteiger partial charge on any atom is 0.254 e. The zero-order chi connectivity index (χ0) is 24.6. The SMILES string of the molecule is COc1cc(C(=O)N(Cc2ccc3ccccc3c2)C[C@@H]2CCCN2C2CCC2)cc2c1OC(C)O2. The Balaban J connectivity index is 1.32. The lowest BCUT2D eigenvalue weighted by Crippen LogP contribution is -2.48. The van der Waals surface area contributed by atoms with Crippen molar-refractivity contribution in [2.24, 2.45) is 0 Å². The maximum atomic E-state index is 14.1. The van der Waals surface area contributed by atoms with Gasteiger partial charge in [0.15, 0.2) is 11.5 Å². The van der Waals surface area contributed by atoms with Gasteiger partial charge in [-0.05, 0) is 66.8 Å². The molecule has 1 amide bonds. The van der Waals surface area contributed by atoms with E-state index in [2.05, 4.69) is 47.4 Å². The van der Waals surface area contributed by atoms with Gasteiger partial charge in [0.05, 0.1) is 7.11 Å². The minimum absolute atomic E-state index is 0.00660. The van der Waals surface area contributed by atoms with E-state index in [1.165, 1.54) is 36.5 Å². The highest BCUT2D eigenvalue weighted by Crippen LogP contribution is 2.44. The van der Waals surface area contributed by atoms with Gasteiger partial charge in [-0.2, -0.15) is 0 Å². The van der Waals surface area contributed by atoms with Gasteiger partial charge in [0, 0.05) is 37.7 Å². The minimum atomic E-state index is -0.400. The average Bonchev–Trinajstić information content (AvgIpc) is 3.46. The highest BCUT2D eigenvalue weighted by Gasteiger charge is 2.36. The summed E-state index contributed by atoms with van der Waals surface area (Å²) < 4.78 is 17.1. The van der Waals surface area contributed by atoms with Crippen LogP contribution in [-0.4, -0.2) is 54.3 Å². The summed E-state index contributed by atoms with van der Waals surface area (Å²) >= 11 is 0. The summed E-state index contributed by atoms with van der Waals surface area (Å²) in [6, 6.07) is 19.5. The van der Waals surface area contributed by atoms with E-state index in [0.717, 1.165) is 25.1 Å². The van der Waals surface area contributed by atoms with Gasteiger partial charge < -0.3 is 19.1 Å². The predicted molar refractivity (Wildman–Crippen MR) is 140 cm³/mol. The number of methoxy groups -OCH3 is 1. The van der Waals surface area contributed by atoms with Crippen molar-refractivity contribution in [3.63, 3.8) is 0 Å². The Morgan fingerprint density at radius 3 is 2.64 bits per heavy atom. The van der Waals surface area contributed by atoms with Crippen molar-refractivity contribution in [3.8, 4) is 17.2 Å². The average molecular weight is 487 g/mol. The molecule has 0 bridgehead atoms. The smallest absolute Gasteiger partial charge is 0.254 e. The van der Waals surface area contributed by atoms with Crippen LogP contribution in [0.4, 0.5) is 0 Å². The summed E-state index contributed by atoms with van der Waals surface area (Å²) in [5, 5.41) is 2.40. The lowest BCUT2D eigenvalue weighted by molar-refractivity contribution is 0.0591. The predicted octanol–water partition coefficient (Wildman–Crippen LogP) is 5.62. The molecule has 1 aliphatic carbocycles. The maximum absolute atomic E-state index is 14.1. The van der Waals surface area contributed by atoms with Gasteiger partial charge in [-0.3, -0.25) is 9.69 Å². The lowest BCUT2D eigenvalue weighted by Gasteiger charge is -2.40. The monoisotopic (exact) mass is 486 g/mol. The fourth-order valence-electron chi connectivity index (χ4n) is 5.89. The molecular weight excluding hydrogens is 452 g/mol. The molecular formula is C30H34N2O4. The summed E-state index contributed by atoms with van der Waals surface area (Å²) in [7, 11) is 1.60. The topological polar surface area (TPSA) is 51.2 Å². The summed E-state index contributed by atoms with van der Waals surface area (Å²) in [5.74, 6) is 1.65. The molecule has 1 saturated carbocycles. The Morgan fingerprint density at radius 2 is 1.86 bits per heavy atom. The van der Waals surface area contributed by atoms with E-state index >= 15 is 0 Å². The Labute approximate surface area is 212 Å². The number of hydrogen-bond acceptors (Lipinski definition) is 5. The van der Waals surface area contributed by atoms with Crippen LogP contribution in [0.3, 0.4) is 0 Å². The van der Waals surface area contributed by atoms with Crippen LogP contribution in [0.25, 0.3) is 10.8 Å². The largest absolute Gasteiger partial charge is 0.493 e. The van der Waals surface area contributed by atoms with E-state index in [1.54, 1.807) is 19.2 Å². The number of nitrogens with zero attached hydrogens (tertiary/aromatic N) is 2. The normalized spacial score (nSPS) is 21.5. The van der Waals surface area contributed by atoms with Crippen LogP contribution in [0.1, 0.15) is 54.9 Å². The molecule has 36 heavy (non-hydrogen) atoms. The molecule has 0 aromatic heterocycles. The number of fused-ring (bicyclic) bond motifs is 2. The molecule has 6 nitrogen and oxygen atoms in total. The minimum Gasteiger partial charge on any atom is -0.493 e. The van der Waals surface area contributed by atoms with Crippen LogP contribution in [0.2, 0.25) is 0 Å². The number of benzene rings is 3. The molecule has 3 aliphatic rings. The fraction of sp³-hybridized carbons (Fsp3) is 0.433. The molecule has 2 aliphatic heterocycles. The quantitative estimate of drug-likeness (QED) is 0.434. The van der Waals surface area contributed by atoms with Gasteiger partial charge >= 0.3 is 0 Å². The number of rotatable bonds is 7. The standard InChI is InChI=1S/C30H34N2O4/c1-20-35-28-17-24(16-27(34-2)29(28)36-20)30(33)31(19-26-11-6-14-32(26)25-9-5-10-25)18-21-12-13-22-7-3-4-8-23(22)15-21/h3-4,7-8,12-13,15-17,20,25-26H,5-6,9-11,14,18-19H2,1-2H3/t20?,26-/m0/s1. The highest BCUT2D eigenvalue weighted by molar-refractivity contribution is 5.96. The molecule has 2 atom stereocenters. The number of hydrogen-bond donors (Lipinski definition) is 0. The van der Waals surface area contributed by atoms with Crippen LogP contribution in [0, 0.1) is 0 Å². The van der Waals surface area contributed by atoms with E-state index < -0.39 is 6.29 Å². The van der Waals surface area contributed by atoms with Crippen molar-refractivity contribution in [2.75, 3.05) is 20.2 Å². The number of carbonyl (C=O) groups is 1. The summed E-state index contributed by atoms with van der Waals surface area (Å²) in [6.45, 7) is 4.26. The molecule has 0 radical (unpaired) electrons. The van der Waals surface area contributed by atoms with Gasteiger partial charge in [0.1, 0.15) is 0 Å². The molecule has 2 fully saturated rings. The van der Waals surface area contributed by atoms with Crippen molar-refractivity contribution < 1.29 is 19.0 Å². The molecule has 2 heterocycles. The van der Waals surface area contributed by atoms with Gasteiger partial charge in [-0.25, -0.2) is 0 Å². The van der Waals surface area contributed by atoms with E-state index in [9.17, 15) is 4.79 Å². The molecule has 188 valence electrons. The van der Waals surface area contributed by atoms with Gasteiger partial charge in [0.25, 0.3) is 5.91 Å². The lowest BCUT2D eigenvalue weighted by atomic mass is 9.91. The molecule has 1 unspecified atom stereocenters. The van der Waals surface area contributed by atoms with E-state index in [0.29, 0.717) is 41.4 Å². The Morgan fingerprint density at radius 1 is 1.03 bits per heavy atom. The second kappa shape index (κ2) is 9.66. The molecule has 1 saturated heterocycles. The van der Waals surface area contributed by atoms with Crippen LogP contribution in [-0.2, 0) is 6.54 Å². The van der Waals surface area contributed by atoms with Crippen LogP contribution in [0.5, 0.6) is 17.2 Å². The van der Waals surface area contributed by atoms with E-state index in [4.69, 9.17) is 14.2 Å². The van der Waals surface area contributed by atoms with E-state index in [-0.39, 0.29) is 5.91 Å². The number of carbonyl (C=O) groups excluding carboxylic acids is 1. The molecule has 6 heteroatoms. The van der Waals surface area contributed by atoms with Crippen molar-refractivity contribution >= 4 is 16.7 Å². The first-order valence-corrected chi connectivity index (χ1v) is 13.2. The molecule has 3 aromatic rings. The first kappa shape index (κ1) is 23.2. The van der Waals surface area contributed by atoms with Gasteiger partial charge in [-0.1, -0.05) is 42.8 Å². The van der Waals surface area contributed by atoms with Crippen LogP contribution in [0.15, 0.2) is 54.6 Å². The highest BCUT2D eigenvalue weighted by atomic mass is 16.7. The molecule has 6 rings (SSSR count). The molecule has 0 spiro atoms. The first-order chi connectivity index (χ1) is 17.6. The van der Waals surface area contributed by atoms with Gasteiger partial charge in [-0.15, -0.1) is 0 Å². The molecule has 3 aromatic carbocycles. The summed E-state index contributed by atoms with van der Waals surface area (Å²) in [6.07, 6.45) is 5.83. The second-order valence-corrected chi connectivity index (χ2v) is 10.3. The Bertz CT molecular complexity index is 1270. The summed E-state index contributed by atoms with van der Waals surface area (Å²) in [4.78, 5) is 18.7. The van der Waals surface area contributed by atoms with Crippen LogP contribution >= 0.6 is 0 Å². The zero-order valence-corrected chi connectivity index (χ0v) is 21.1. The van der Waals surface area contributed by atoms with E-state index in [1.807, 2.05) is 11.8 Å². The van der Waals surface area contributed by atoms with Crippen molar-refractivity contribution in [3.05, 3.63) is 65.7 Å². The Kier molecular flexibility index (Phi) is 6.22. The third-order valence-electron chi connectivity index (χ3n) is 7.94. The van der Waals surface area contributed by atoms with Crippen molar-refractivity contribution in [1.82, 2.24) is 9.80 Å². The Hall–Kier alpha value is -3.25. The third-order valence-corrected chi connectivity index (χ3v) is 7.94. The third kappa shape index (κ3) is 4.39. The number of ether oxygens (including phenoxy) is 3. The number of amides is 1.